The number of benzene rings is 1. The topological polar surface area (TPSA) is 48.9 Å². The lowest BCUT2D eigenvalue weighted by atomic mass is 10.2. The van der Waals surface area contributed by atoms with Crippen LogP contribution < -0.4 is 15.5 Å². The molecule has 138 valence electrons. The summed E-state index contributed by atoms with van der Waals surface area (Å²) in [7, 11) is 0. The van der Waals surface area contributed by atoms with Gasteiger partial charge < -0.3 is 20.3 Å². The Balaban J connectivity index is 1.52. The molecular weight excluding hydrogens is 332 g/mol. The SMILES string of the molecule is CCNC(=NCc1ccc(N2CCSCC2)cc1)NCC1CCCO1. The summed E-state index contributed by atoms with van der Waals surface area (Å²) in [5.74, 6) is 3.33. The van der Waals surface area contributed by atoms with Crippen LogP contribution in [-0.2, 0) is 11.3 Å². The molecule has 1 unspecified atom stereocenters. The van der Waals surface area contributed by atoms with Gasteiger partial charge in [-0.15, -0.1) is 0 Å². The van der Waals surface area contributed by atoms with Gasteiger partial charge >= 0.3 is 0 Å². The average molecular weight is 363 g/mol. The van der Waals surface area contributed by atoms with Gasteiger partial charge in [0.15, 0.2) is 5.96 Å². The standard InChI is InChI=1S/C19H30N4OS/c1-2-20-19(22-15-18-4-3-11-24-18)21-14-16-5-7-17(8-6-16)23-9-12-25-13-10-23/h5-8,18H,2-4,9-15H2,1H3,(H2,20,21,22). The molecule has 0 aliphatic carbocycles. The van der Waals surface area contributed by atoms with E-state index in [1.54, 1.807) is 0 Å². The van der Waals surface area contributed by atoms with Crippen molar-refractivity contribution in [3.8, 4) is 0 Å². The van der Waals surface area contributed by atoms with Crippen LogP contribution in [-0.4, -0.2) is 56.4 Å². The predicted octanol–water partition coefficient (Wildman–Crippen LogP) is 2.47. The van der Waals surface area contributed by atoms with Gasteiger partial charge in [0.25, 0.3) is 0 Å². The molecule has 1 aromatic rings. The van der Waals surface area contributed by atoms with E-state index in [0.29, 0.717) is 12.6 Å². The third kappa shape index (κ3) is 5.82. The molecule has 0 amide bonds. The van der Waals surface area contributed by atoms with Crippen molar-refractivity contribution in [3.63, 3.8) is 0 Å². The maximum atomic E-state index is 5.66. The van der Waals surface area contributed by atoms with E-state index < -0.39 is 0 Å². The minimum absolute atomic E-state index is 0.325. The third-order valence-corrected chi connectivity index (χ3v) is 5.54. The number of guanidine groups is 1. The zero-order valence-corrected chi connectivity index (χ0v) is 16.0. The molecule has 2 aliphatic rings. The van der Waals surface area contributed by atoms with Crippen molar-refractivity contribution in [2.75, 3.05) is 49.2 Å². The largest absolute Gasteiger partial charge is 0.376 e. The molecule has 0 saturated carbocycles. The van der Waals surface area contributed by atoms with Crippen molar-refractivity contribution in [1.82, 2.24) is 10.6 Å². The van der Waals surface area contributed by atoms with E-state index in [-0.39, 0.29) is 0 Å². The minimum Gasteiger partial charge on any atom is -0.376 e. The zero-order chi connectivity index (χ0) is 17.3. The number of nitrogens with zero attached hydrogens (tertiary/aromatic N) is 2. The van der Waals surface area contributed by atoms with Crippen LogP contribution >= 0.6 is 11.8 Å². The smallest absolute Gasteiger partial charge is 0.191 e. The Morgan fingerprint density at radius 3 is 2.72 bits per heavy atom. The van der Waals surface area contributed by atoms with Crippen molar-refractivity contribution in [1.29, 1.82) is 0 Å². The quantitative estimate of drug-likeness (QED) is 0.601. The second-order valence-electron chi connectivity index (χ2n) is 6.48. The Morgan fingerprint density at radius 1 is 1.24 bits per heavy atom. The molecule has 2 N–H and O–H groups in total. The Morgan fingerprint density at radius 2 is 2.04 bits per heavy atom. The van der Waals surface area contributed by atoms with E-state index in [4.69, 9.17) is 9.73 Å². The molecule has 0 bridgehead atoms. The molecule has 2 fully saturated rings. The van der Waals surface area contributed by atoms with Gasteiger partial charge in [0.1, 0.15) is 0 Å². The first kappa shape index (κ1) is 18.4. The molecule has 1 aromatic carbocycles. The Kier molecular flexibility index (Phi) is 7.30. The van der Waals surface area contributed by atoms with Gasteiger partial charge in [-0.05, 0) is 37.5 Å². The number of rotatable bonds is 6. The number of anilines is 1. The molecule has 1 atom stereocenters. The molecule has 0 radical (unpaired) electrons. The summed E-state index contributed by atoms with van der Waals surface area (Å²) in [6.07, 6.45) is 2.64. The van der Waals surface area contributed by atoms with Gasteiger partial charge in [-0.1, -0.05) is 12.1 Å². The molecule has 2 aliphatic heterocycles. The van der Waals surface area contributed by atoms with Crippen LogP contribution in [0.25, 0.3) is 0 Å². The van der Waals surface area contributed by atoms with E-state index in [1.807, 2.05) is 11.8 Å². The molecule has 6 heteroatoms. The van der Waals surface area contributed by atoms with Crippen LogP contribution in [0.2, 0.25) is 0 Å². The van der Waals surface area contributed by atoms with Crippen LogP contribution in [0.4, 0.5) is 5.69 Å². The fourth-order valence-electron chi connectivity index (χ4n) is 3.16. The highest BCUT2D eigenvalue weighted by atomic mass is 32.2. The first-order valence-electron chi connectivity index (χ1n) is 9.40. The van der Waals surface area contributed by atoms with Crippen molar-refractivity contribution in [2.24, 2.45) is 4.99 Å². The molecular formula is C19H30N4OS. The van der Waals surface area contributed by atoms with Crippen molar-refractivity contribution < 1.29 is 4.74 Å². The van der Waals surface area contributed by atoms with Gasteiger partial charge in [-0.2, -0.15) is 11.8 Å². The van der Waals surface area contributed by atoms with Gasteiger partial charge in [0.05, 0.1) is 12.6 Å². The summed E-state index contributed by atoms with van der Waals surface area (Å²) >= 11 is 2.04. The van der Waals surface area contributed by atoms with Crippen LogP contribution in [0.5, 0.6) is 0 Å². The fraction of sp³-hybridized carbons (Fsp3) is 0.632. The number of aliphatic imine (C=N–C) groups is 1. The second kappa shape index (κ2) is 9.92. The molecule has 2 heterocycles. The highest BCUT2D eigenvalue weighted by Crippen LogP contribution is 2.20. The zero-order valence-electron chi connectivity index (χ0n) is 15.2. The number of thioether (sulfide) groups is 1. The molecule has 0 aromatic heterocycles. The lowest BCUT2D eigenvalue weighted by Crippen LogP contribution is -2.41. The van der Waals surface area contributed by atoms with Crippen LogP contribution in [0.1, 0.15) is 25.3 Å². The van der Waals surface area contributed by atoms with E-state index >= 15 is 0 Å². The first-order valence-corrected chi connectivity index (χ1v) is 10.6. The van der Waals surface area contributed by atoms with E-state index in [9.17, 15) is 0 Å². The number of hydrogen-bond acceptors (Lipinski definition) is 4. The van der Waals surface area contributed by atoms with Crippen molar-refractivity contribution >= 4 is 23.4 Å². The number of nitrogens with one attached hydrogen (secondary N) is 2. The van der Waals surface area contributed by atoms with Crippen LogP contribution in [0.3, 0.4) is 0 Å². The van der Waals surface area contributed by atoms with Gasteiger partial charge in [-0.3, -0.25) is 0 Å². The lowest BCUT2D eigenvalue weighted by molar-refractivity contribution is 0.114. The highest BCUT2D eigenvalue weighted by molar-refractivity contribution is 7.99. The highest BCUT2D eigenvalue weighted by Gasteiger charge is 2.15. The van der Waals surface area contributed by atoms with Gasteiger partial charge in [0, 0.05) is 50.0 Å². The molecule has 2 saturated heterocycles. The normalized spacial score (nSPS) is 21.4. The number of ether oxygens (including phenoxy) is 1. The Bertz CT molecular complexity index is 537. The summed E-state index contributed by atoms with van der Waals surface area (Å²) in [6.45, 7) is 7.68. The van der Waals surface area contributed by atoms with Crippen LogP contribution in [0, 0.1) is 0 Å². The molecule has 3 rings (SSSR count). The Labute approximate surface area is 155 Å². The maximum Gasteiger partial charge on any atom is 0.191 e. The fourth-order valence-corrected chi connectivity index (χ4v) is 4.06. The molecule has 5 nitrogen and oxygen atoms in total. The number of hydrogen-bond donors (Lipinski definition) is 2. The van der Waals surface area contributed by atoms with Crippen LogP contribution in [0.15, 0.2) is 29.3 Å². The second-order valence-corrected chi connectivity index (χ2v) is 7.70. The van der Waals surface area contributed by atoms with Crippen molar-refractivity contribution in [3.05, 3.63) is 29.8 Å². The summed E-state index contributed by atoms with van der Waals surface area (Å²) in [4.78, 5) is 7.18. The Hall–Kier alpha value is -1.40. The predicted molar refractivity (Wildman–Crippen MR) is 108 cm³/mol. The minimum atomic E-state index is 0.325. The van der Waals surface area contributed by atoms with E-state index in [1.165, 1.54) is 29.2 Å². The summed E-state index contributed by atoms with van der Waals surface area (Å²) < 4.78 is 5.66. The maximum absolute atomic E-state index is 5.66. The van der Waals surface area contributed by atoms with E-state index in [2.05, 4.69) is 46.7 Å². The van der Waals surface area contributed by atoms with Gasteiger partial charge in [-0.25, -0.2) is 4.99 Å². The monoisotopic (exact) mass is 362 g/mol. The van der Waals surface area contributed by atoms with Gasteiger partial charge in [0.2, 0.25) is 0 Å². The average Bonchev–Trinajstić information content (AvgIpc) is 3.19. The molecule has 25 heavy (non-hydrogen) atoms. The van der Waals surface area contributed by atoms with E-state index in [0.717, 1.165) is 45.2 Å². The summed E-state index contributed by atoms with van der Waals surface area (Å²) in [5, 5.41) is 6.71. The summed E-state index contributed by atoms with van der Waals surface area (Å²) in [6, 6.07) is 8.86. The summed E-state index contributed by atoms with van der Waals surface area (Å²) in [5.41, 5.74) is 2.57. The third-order valence-electron chi connectivity index (χ3n) is 4.60. The first-order chi connectivity index (χ1) is 12.3. The molecule has 0 spiro atoms. The lowest BCUT2D eigenvalue weighted by Gasteiger charge is -2.28. The van der Waals surface area contributed by atoms with Crippen molar-refractivity contribution in [2.45, 2.75) is 32.4 Å².